The predicted molar refractivity (Wildman–Crippen MR) is 109 cm³/mol. The second-order valence-corrected chi connectivity index (χ2v) is 9.84. The van der Waals surface area contributed by atoms with Gasteiger partial charge in [-0.2, -0.15) is 0 Å². The Balaban J connectivity index is 1.03. The number of aromatic nitrogens is 2. The fourth-order valence-electron chi connectivity index (χ4n) is 6.72. The third kappa shape index (κ3) is 3.98. The predicted octanol–water partition coefficient (Wildman–Crippen LogP) is 2.46. The van der Waals surface area contributed by atoms with E-state index in [1.165, 1.54) is 31.7 Å². The van der Waals surface area contributed by atoms with Gasteiger partial charge >= 0.3 is 0 Å². The van der Waals surface area contributed by atoms with Crippen LogP contribution in [0, 0.1) is 29.0 Å². The minimum atomic E-state index is -0.400. The maximum atomic E-state index is 13.0. The number of rotatable bonds is 6. The van der Waals surface area contributed by atoms with Crippen molar-refractivity contribution < 1.29 is 9.18 Å². The quantitative estimate of drug-likeness (QED) is 0.742. The number of nitrogens with zero attached hydrogens (tertiary/aromatic N) is 4. The van der Waals surface area contributed by atoms with Crippen LogP contribution in [0.25, 0.3) is 0 Å². The van der Waals surface area contributed by atoms with Crippen LogP contribution < -0.4 is 10.2 Å². The number of nitrogens with one attached hydrogen (secondary N) is 1. The zero-order chi connectivity index (χ0) is 19.8. The first kappa shape index (κ1) is 19.2. The van der Waals surface area contributed by atoms with Crippen molar-refractivity contribution in [3.63, 3.8) is 0 Å². The monoisotopic (exact) mass is 401 g/mol. The molecule has 6 nitrogen and oxygen atoms in total. The fourth-order valence-corrected chi connectivity index (χ4v) is 6.72. The molecule has 0 unspecified atom stereocenters. The molecular weight excluding hydrogens is 369 g/mol. The lowest BCUT2D eigenvalue weighted by atomic mass is 9.49. The van der Waals surface area contributed by atoms with Crippen LogP contribution in [-0.2, 0) is 4.79 Å². The van der Waals surface area contributed by atoms with Gasteiger partial charge in [-0.3, -0.25) is 9.69 Å². The third-order valence-electron chi connectivity index (χ3n) is 7.72. The first-order chi connectivity index (χ1) is 14.1. The molecule has 158 valence electrons. The fraction of sp³-hybridized carbons (Fsp3) is 0.773. The molecule has 1 aromatic heterocycles. The summed E-state index contributed by atoms with van der Waals surface area (Å²) in [4.78, 5) is 25.7. The van der Waals surface area contributed by atoms with E-state index in [0.29, 0.717) is 11.9 Å². The molecule has 4 saturated carbocycles. The van der Waals surface area contributed by atoms with Gasteiger partial charge in [-0.15, -0.1) is 0 Å². The molecule has 5 fully saturated rings. The van der Waals surface area contributed by atoms with E-state index in [-0.39, 0.29) is 5.41 Å². The van der Waals surface area contributed by atoms with E-state index in [4.69, 9.17) is 0 Å². The van der Waals surface area contributed by atoms with Gasteiger partial charge in [-0.25, -0.2) is 14.4 Å². The zero-order valence-electron chi connectivity index (χ0n) is 17.2. The minimum Gasteiger partial charge on any atom is -0.356 e. The Morgan fingerprint density at radius 2 is 1.62 bits per heavy atom. The van der Waals surface area contributed by atoms with Crippen molar-refractivity contribution in [1.29, 1.82) is 0 Å². The van der Waals surface area contributed by atoms with Gasteiger partial charge in [0.15, 0.2) is 5.82 Å². The number of carbonyl (C=O) groups is 1. The summed E-state index contributed by atoms with van der Waals surface area (Å²) in [5.74, 6) is 2.99. The Hall–Kier alpha value is -1.76. The number of piperazine rings is 1. The second-order valence-electron chi connectivity index (χ2n) is 9.84. The van der Waals surface area contributed by atoms with Crippen molar-refractivity contribution in [3.8, 4) is 0 Å². The summed E-state index contributed by atoms with van der Waals surface area (Å²) < 4.78 is 13.0. The molecule has 4 aliphatic carbocycles. The van der Waals surface area contributed by atoms with Crippen LogP contribution >= 0.6 is 0 Å². The van der Waals surface area contributed by atoms with Crippen LogP contribution in [0.3, 0.4) is 0 Å². The number of anilines is 1. The van der Waals surface area contributed by atoms with Crippen molar-refractivity contribution in [2.75, 3.05) is 44.2 Å². The highest BCUT2D eigenvalue weighted by Gasteiger charge is 2.54. The summed E-state index contributed by atoms with van der Waals surface area (Å²) in [6.45, 7) is 5.38. The van der Waals surface area contributed by atoms with Gasteiger partial charge < -0.3 is 10.2 Å². The third-order valence-corrected chi connectivity index (χ3v) is 7.72. The van der Waals surface area contributed by atoms with Crippen molar-refractivity contribution in [2.45, 2.75) is 44.9 Å². The Kier molecular flexibility index (Phi) is 5.18. The van der Waals surface area contributed by atoms with E-state index in [9.17, 15) is 9.18 Å². The summed E-state index contributed by atoms with van der Waals surface area (Å²) in [6.07, 6.45) is 11.0. The first-order valence-electron chi connectivity index (χ1n) is 11.3. The van der Waals surface area contributed by atoms with Gasteiger partial charge in [-0.05, 0) is 69.2 Å². The summed E-state index contributed by atoms with van der Waals surface area (Å²) in [7, 11) is 0. The highest BCUT2D eigenvalue weighted by Crippen LogP contribution is 2.60. The first-order valence-corrected chi connectivity index (χ1v) is 11.3. The lowest BCUT2D eigenvalue weighted by Gasteiger charge is -2.55. The Labute approximate surface area is 172 Å². The molecule has 5 aliphatic rings. The van der Waals surface area contributed by atoms with Gasteiger partial charge in [0.25, 0.3) is 0 Å². The highest BCUT2D eigenvalue weighted by atomic mass is 19.1. The molecule has 6 rings (SSSR count). The van der Waals surface area contributed by atoms with Crippen LogP contribution in [0.1, 0.15) is 44.9 Å². The van der Waals surface area contributed by atoms with Crippen LogP contribution in [-0.4, -0.2) is 60.0 Å². The van der Waals surface area contributed by atoms with E-state index in [2.05, 4.69) is 25.1 Å². The molecule has 2 heterocycles. The molecular formula is C22H32FN5O. The second kappa shape index (κ2) is 7.82. The Morgan fingerprint density at radius 3 is 2.21 bits per heavy atom. The molecule has 1 aliphatic heterocycles. The van der Waals surface area contributed by atoms with Gasteiger partial charge in [0.1, 0.15) is 0 Å². The van der Waals surface area contributed by atoms with E-state index >= 15 is 0 Å². The molecule has 0 radical (unpaired) electrons. The largest absolute Gasteiger partial charge is 0.356 e. The van der Waals surface area contributed by atoms with Gasteiger partial charge in [0.2, 0.25) is 11.9 Å². The molecule has 1 aromatic rings. The molecule has 1 N–H and O–H groups in total. The van der Waals surface area contributed by atoms with E-state index in [1.54, 1.807) is 0 Å². The van der Waals surface area contributed by atoms with E-state index in [1.807, 2.05) is 0 Å². The number of hydrogen-bond acceptors (Lipinski definition) is 5. The standard InChI is InChI=1S/C22H32FN5O/c23-19-14-25-21(26-15-19)28-6-4-27(5-7-28)3-1-2-24-20(29)22-11-16-8-17(12-22)10-18(9-16)13-22/h14-18H,1-13H2,(H,24,29). The minimum absolute atomic E-state index is 0.0322. The molecule has 0 spiro atoms. The summed E-state index contributed by atoms with van der Waals surface area (Å²) >= 11 is 0. The summed E-state index contributed by atoms with van der Waals surface area (Å²) in [5, 5.41) is 3.29. The van der Waals surface area contributed by atoms with Crippen LogP contribution in [0.5, 0.6) is 0 Å². The average Bonchev–Trinajstić information content (AvgIpc) is 2.71. The lowest BCUT2D eigenvalue weighted by molar-refractivity contribution is -0.146. The summed E-state index contributed by atoms with van der Waals surface area (Å²) in [5.41, 5.74) is -0.0322. The maximum absolute atomic E-state index is 13.0. The highest BCUT2D eigenvalue weighted by molar-refractivity contribution is 5.83. The van der Waals surface area contributed by atoms with Crippen LogP contribution in [0.4, 0.5) is 10.3 Å². The molecule has 4 bridgehead atoms. The molecule has 7 heteroatoms. The average molecular weight is 402 g/mol. The van der Waals surface area contributed by atoms with Crippen molar-refractivity contribution in [3.05, 3.63) is 18.2 Å². The van der Waals surface area contributed by atoms with Crippen molar-refractivity contribution in [2.24, 2.45) is 23.2 Å². The number of carbonyl (C=O) groups excluding carboxylic acids is 1. The molecule has 29 heavy (non-hydrogen) atoms. The van der Waals surface area contributed by atoms with Crippen molar-refractivity contribution in [1.82, 2.24) is 20.2 Å². The number of amides is 1. The number of hydrogen-bond donors (Lipinski definition) is 1. The zero-order valence-corrected chi connectivity index (χ0v) is 17.2. The van der Waals surface area contributed by atoms with Crippen LogP contribution in [0.15, 0.2) is 12.4 Å². The summed E-state index contributed by atoms with van der Waals surface area (Å²) in [6, 6.07) is 0. The Morgan fingerprint density at radius 1 is 1.03 bits per heavy atom. The number of halogens is 1. The van der Waals surface area contributed by atoms with E-state index in [0.717, 1.165) is 82.7 Å². The topological polar surface area (TPSA) is 61.4 Å². The van der Waals surface area contributed by atoms with E-state index < -0.39 is 5.82 Å². The van der Waals surface area contributed by atoms with Gasteiger partial charge in [-0.1, -0.05) is 0 Å². The molecule has 0 atom stereocenters. The SMILES string of the molecule is O=C(NCCCN1CCN(c2ncc(F)cn2)CC1)C12CC3CC(CC(C3)C1)C2. The normalized spacial score (nSPS) is 33.8. The van der Waals surface area contributed by atoms with Crippen molar-refractivity contribution >= 4 is 11.9 Å². The Bertz CT molecular complexity index is 696. The molecule has 0 aromatic carbocycles. The smallest absolute Gasteiger partial charge is 0.226 e. The van der Waals surface area contributed by atoms with Gasteiger partial charge in [0, 0.05) is 38.1 Å². The van der Waals surface area contributed by atoms with Crippen LogP contribution in [0.2, 0.25) is 0 Å². The van der Waals surface area contributed by atoms with Gasteiger partial charge in [0.05, 0.1) is 12.4 Å². The molecule has 1 saturated heterocycles. The maximum Gasteiger partial charge on any atom is 0.226 e. The lowest BCUT2D eigenvalue weighted by Crippen LogP contribution is -2.53. The molecule has 1 amide bonds.